The van der Waals surface area contributed by atoms with Gasteiger partial charge in [0.15, 0.2) is 0 Å². The molecule has 1 aromatic rings. The fourth-order valence-electron chi connectivity index (χ4n) is 1.26. The molecular formula is C13H16N2O2. The first-order chi connectivity index (χ1) is 8.05. The second kappa shape index (κ2) is 5.35. The first-order valence-corrected chi connectivity index (χ1v) is 5.42. The molecule has 0 aliphatic heterocycles. The topological polar surface area (TPSA) is 62.1 Å². The lowest BCUT2D eigenvalue weighted by Gasteiger charge is -2.18. The number of hydrogen-bond donors (Lipinski definition) is 1. The Bertz CT molecular complexity index is 451. The van der Waals surface area contributed by atoms with E-state index in [0.717, 1.165) is 0 Å². The number of amides is 1. The molecule has 0 aromatic heterocycles. The summed E-state index contributed by atoms with van der Waals surface area (Å²) in [4.78, 5) is 11.9. The van der Waals surface area contributed by atoms with Gasteiger partial charge in [-0.15, -0.1) is 0 Å². The summed E-state index contributed by atoms with van der Waals surface area (Å²) >= 11 is 0. The van der Waals surface area contributed by atoms with Gasteiger partial charge in [0, 0.05) is 11.8 Å². The summed E-state index contributed by atoms with van der Waals surface area (Å²) < 4.78 is 5.06. The fourth-order valence-corrected chi connectivity index (χ4v) is 1.26. The van der Waals surface area contributed by atoms with Crippen LogP contribution in [-0.2, 0) is 4.79 Å². The van der Waals surface area contributed by atoms with Crippen molar-refractivity contribution in [2.45, 2.75) is 20.3 Å². The number of anilines is 1. The molecule has 0 radical (unpaired) electrons. The minimum Gasteiger partial charge on any atom is -0.497 e. The van der Waals surface area contributed by atoms with Crippen molar-refractivity contribution >= 4 is 11.6 Å². The highest BCUT2D eigenvalue weighted by atomic mass is 16.5. The van der Waals surface area contributed by atoms with Gasteiger partial charge in [0.25, 0.3) is 0 Å². The Morgan fingerprint density at radius 3 is 2.82 bits per heavy atom. The third kappa shape index (κ3) is 2.97. The largest absolute Gasteiger partial charge is 0.497 e. The van der Waals surface area contributed by atoms with Crippen molar-refractivity contribution in [3.05, 3.63) is 24.3 Å². The molecule has 1 amide bonds. The Morgan fingerprint density at radius 2 is 2.29 bits per heavy atom. The first-order valence-electron chi connectivity index (χ1n) is 5.42. The summed E-state index contributed by atoms with van der Waals surface area (Å²) in [6, 6.07) is 9.08. The number of nitriles is 1. The van der Waals surface area contributed by atoms with Crippen LogP contribution in [0.3, 0.4) is 0 Å². The summed E-state index contributed by atoms with van der Waals surface area (Å²) in [5, 5.41) is 11.7. The SMILES string of the molecule is CCC(C)(C#N)C(=O)Nc1cccc(OC)c1. The van der Waals surface area contributed by atoms with E-state index in [4.69, 9.17) is 10.00 Å². The Labute approximate surface area is 101 Å². The quantitative estimate of drug-likeness (QED) is 0.867. The van der Waals surface area contributed by atoms with E-state index in [2.05, 4.69) is 5.32 Å². The van der Waals surface area contributed by atoms with Crippen LogP contribution in [0.4, 0.5) is 5.69 Å². The lowest BCUT2D eigenvalue weighted by Crippen LogP contribution is -2.31. The molecule has 4 nitrogen and oxygen atoms in total. The van der Waals surface area contributed by atoms with E-state index in [9.17, 15) is 4.79 Å². The third-order valence-electron chi connectivity index (χ3n) is 2.78. The van der Waals surface area contributed by atoms with Crippen LogP contribution in [0.5, 0.6) is 5.75 Å². The molecule has 1 aromatic carbocycles. The lowest BCUT2D eigenvalue weighted by molar-refractivity contribution is -0.122. The van der Waals surface area contributed by atoms with Gasteiger partial charge in [-0.2, -0.15) is 5.26 Å². The number of benzene rings is 1. The van der Waals surface area contributed by atoms with Crippen LogP contribution in [0.1, 0.15) is 20.3 Å². The van der Waals surface area contributed by atoms with Gasteiger partial charge in [-0.3, -0.25) is 4.79 Å². The molecule has 0 saturated carbocycles. The van der Waals surface area contributed by atoms with Crippen molar-refractivity contribution in [3.8, 4) is 11.8 Å². The minimum atomic E-state index is -0.997. The molecule has 0 spiro atoms. The van der Waals surface area contributed by atoms with Gasteiger partial charge in [-0.25, -0.2) is 0 Å². The van der Waals surface area contributed by atoms with Crippen molar-refractivity contribution in [1.29, 1.82) is 5.26 Å². The summed E-state index contributed by atoms with van der Waals surface area (Å²) in [7, 11) is 1.56. The predicted molar refractivity (Wildman–Crippen MR) is 65.6 cm³/mol. The average Bonchev–Trinajstić information content (AvgIpc) is 2.37. The number of methoxy groups -OCH3 is 1. The van der Waals surface area contributed by atoms with Crippen molar-refractivity contribution in [3.63, 3.8) is 0 Å². The smallest absolute Gasteiger partial charge is 0.244 e. The van der Waals surface area contributed by atoms with Crippen LogP contribution in [0.25, 0.3) is 0 Å². The van der Waals surface area contributed by atoms with Gasteiger partial charge in [0.2, 0.25) is 5.91 Å². The molecule has 1 N–H and O–H groups in total. The summed E-state index contributed by atoms with van der Waals surface area (Å²) in [5.41, 5.74) is -0.368. The maximum absolute atomic E-state index is 11.9. The Hall–Kier alpha value is -2.02. The standard InChI is InChI=1S/C13H16N2O2/c1-4-13(2,9-14)12(16)15-10-6-5-7-11(8-10)17-3/h5-8H,4H2,1-3H3,(H,15,16). The zero-order chi connectivity index (χ0) is 12.9. The maximum Gasteiger partial charge on any atom is 0.244 e. The number of carbonyl (C=O) groups excluding carboxylic acids is 1. The molecule has 0 saturated heterocycles. The molecule has 4 heteroatoms. The maximum atomic E-state index is 11.9. The summed E-state index contributed by atoms with van der Waals surface area (Å²) in [6.45, 7) is 3.44. The molecule has 0 bridgehead atoms. The van der Waals surface area contributed by atoms with Crippen LogP contribution in [0, 0.1) is 16.7 Å². The second-order valence-corrected chi connectivity index (χ2v) is 3.98. The Kier molecular flexibility index (Phi) is 4.11. The normalized spacial score (nSPS) is 13.3. The van der Waals surface area contributed by atoms with Crippen LogP contribution in [-0.4, -0.2) is 13.0 Å². The van der Waals surface area contributed by atoms with E-state index in [-0.39, 0.29) is 5.91 Å². The highest BCUT2D eigenvalue weighted by Gasteiger charge is 2.31. The highest BCUT2D eigenvalue weighted by Crippen LogP contribution is 2.23. The molecule has 0 aliphatic rings. The van der Waals surface area contributed by atoms with Gasteiger partial charge >= 0.3 is 0 Å². The van der Waals surface area contributed by atoms with Crippen molar-refractivity contribution in [2.24, 2.45) is 5.41 Å². The molecule has 0 fully saturated rings. The number of nitrogens with one attached hydrogen (secondary N) is 1. The van der Waals surface area contributed by atoms with Crippen molar-refractivity contribution in [1.82, 2.24) is 0 Å². The summed E-state index contributed by atoms with van der Waals surface area (Å²) in [5.74, 6) is 0.369. The second-order valence-electron chi connectivity index (χ2n) is 3.98. The molecule has 0 heterocycles. The molecule has 0 aliphatic carbocycles. The van der Waals surface area contributed by atoms with Gasteiger partial charge in [0.05, 0.1) is 13.2 Å². The van der Waals surface area contributed by atoms with Crippen LogP contribution in [0.2, 0.25) is 0 Å². The Morgan fingerprint density at radius 1 is 1.59 bits per heavy atom. The van der Waals surface area contributed by atoms with Crippen molar-refractivity contribution < 1.29 is 9.53 Å². The monoisotopic (exact) mass is 232 g/mol. The average molecular weight is 232 g/mol. The van der Waals surface area contributed by atoms with Crippen LogP contribution in [0.15, 0.2) is 24.3 Å². The zero-order valence-corrected chi connectivity index (χ0v) is 10.3. The molecule has 17 heavy (non-hydrogen) atoms. The van der Waals surface area contributed by atoms with Gasteiger partial charge < -0.3 is 10.1 Å². The lowest BCUT2D eigenvalue weighted by atomic mass is 9.88. The van der Waals surface area contributed by atoms with E-state index >= 15 is 0 Å². The van der Waals surface area contributed by atoms with Crippen LogP contribution < -0.4 is 10.1 Å². The summed E-state index contributed by atoms with van der Waals surface area (Å²) in [6.07, 6.45) is 0.472. The molecule has 1 atom stereocenters. The number of hydrogen-bond acceptors (Lipinski definition) is 3. The molecular weight excluding hydrogens is 216 g/mol. The molecule has 90 valence electrons. The van der Waals surface area contributed by atoms with E-state index in [1.807, 2.05) is 13.0 Å². The van der Waals surface area contributed by atoms with Gasteiger partial charge in [-0.1, -0.05) is 13.0 Å². The van der Waals surface area contributed by atoms with Gasteiger partial charge in [-0.05, 0) is 25.5 Å². The van der Waals surface area contributed by atoms with E-state index in [0.29, 0.717) is 17.9 Å². The number of rotatable bonds is 4. The zero-order valence-electron chi connectivity index (χ0n) is 10.3. The fraction of sp³-hybridized carbons (Fsp3) is 0.385. The van der Waals surface area contributed by atoms with Crippen LogP contribution >= 0.6 is 0 Å². The number of nitrogens with zero attached hydrogens (tertiary/aromatic N) is 1. The third-order valence-corrected chi connectivity index (χ3v) is 2.78. The van der Waals surface area contributed by atoms with Crippen molar-refractivity contribution in [2.75, 3.05) is 12.4 Å². The highest BCUT2D eigenvalue weighted by molar-refractivity contribution is 5.97. The molecule has 1 unspecified atom stereocenters. The minimum absolute atomic E-state index is 0.296. The number of carbonyl (C=O) groups is 1. The van der Waals surface area contributed by atoms with E-state index in [1.165, 1.54) is 0 Å². The predicted octanol–water partition coefficient (Wildman–Crippen LogP) is 2.57. The first kappa shape index (κ1) is 13.0. The van der Waals surface area contributed by atoms with E-state index < -0.39 is 5.41 Å². The van der Waals surface area contributed by atoms with E-state index in [1.54, 1.807) is 38.3 Å². The molecule has 1 rings (SSSR count). The number of ether oxygens (including phenoxy) is 1. The van der Waals surface area contributed by atoms with Gasteiger partial charge in [0.1, 0.15) is 11.2 Å². The Balaban J connectivity index is 2.85.